The summed E-state index contributed by atoms with van der Waals surface area (Å²) < 4.78 is 0. The molecule has 0 amide bonds. The fraction of sp³-hybridized carbons (Fsp3) is 0.200. The van der Waals surface area contributed by atoms with Gasteiger partial charge in [-0.3, -0.25) is 0 Å². The molecule has 0 spiro atoms. The maximum atomic E-state index is 4.93. The van der Waals surface area contributed by atoms with Crippen molar-refractivity contribution in [3.8, 4) is 0 Å². The van der Waals surface area contributed by atoms with Crippen molar-refractivity contribution < 1.29 is 21.7 Å². The van der Waals surface area contributed by atoms with Crippen molar-refractivity contribution in [1.82, 2.24) is 0 Å². The first kappa shape index (κ1) is 22.3. The molecule has 0 saturated carbocycles. The Bertz CT molecular complexity index is 543. The van der Waals surface area contributed by atoms with Gasteiger partial charge >= 0.3 is 21.7 Å². The average molecular weight is 374 g/mol. The summed E-state index contributed by atoms with van der Waals surface area (Å²) in [6.45, 7) is 4.17. The zero-order chi connectivity index (χ0) is 16.2. The molecule has 3 heteroatoms. The van der Waals surface area contributed by atoms with Crippen LogP contribution >= 0.6 is 0 Å². The Morgan fingerprint density at radius 1 is 0.739 bits per heavy atom. The van der Waals surface area contributed by atoms with E-state index in [4.69, 9.17) is 25.3 Å². The van der Waals surface area contributed by atoms with Gasteiger partial charge in [0.25, 0.3) is 0 Å². The Hall–Kier alpha value is -0.666. The number of benzene rings is 1. The van der Waals surface area contributed by atoms with Crippen LogP contribution in [0.15, 0.2) is 72.8 Å². The van der Waals surface area contributed by atoms with E-state index >= 15 is 0 Å². The topological polar surface area (TPSA) is 0 Å². The minimum absolute atomic E-state index is 0. The van der Waals surface area contributed by atoms with Crippen molar-refractivity contribution >= 4 is 25.3 Å². The standard InChI is InChI=1S/C8H10S2.2C6H7.Ti/c9-5-7-3-1-2-4-8(7)6-10;2*1-6-4-2-3-5-6;/h1-4,9-10H,5-6H2;2*2-5H,1H3;/q;2*-1;+4/p-2. The van der Waals surface area contributed by atoms with Crippen LogP contribution in [0.1, 0.15) is 22.3 Å². The smallest absolute Gasteiger partial charge is 0.788 e. The summed E-state index contributed by atoms with van der Waals surface area (Å²) >= 11 is 9.85. The van der Waals surface area contributed by atoms with E-state index in [1.165, 1.54) is 22.3 Å². The minimum Gasteiger partial charge on any atom is -0.788 e. The van der Waals surface area contributed by atoms with Gasteiger partial charge in [0.05, 0.1) is 0 Å². The molecule has 0 N–H and O–H groups in total. The van der Waals surface area contributed by atoms with Crippen LogP contribution in [0.3, 0.4) is 0 Å². The summed E-state index contributed by atoms with van der Waals surface area (Å²) in [5.41, 5.74) is 5.09. The second-order valence-corrected chi connectivity index (χ2v) is 5.56. The maximum Gasteiger partial charge on any atom is 4.00 e. The van der Waals surface area contributed by atoms with Gasteiger partial charge in [0.2, 0.25) is 0 Å². The molecule has 3 aromatic rings. The Labute approximate surface area is 166 Å². The quantitative estimate of drug-likeness (QED) is 0.343. The van der Waals surface area contributed by atoms with Gasteiger partial charge < -0.3 is 25.3 Å². The van der Waals surface area contributed by atoms with E-state index < -0.39 is 0 Å². The van der Waals surface area contributed by atoms with Gasteiger partial charge in [-0.05, 0) is 0 Å². The third-order valence-corrected chi connectivity index (χ3v) is 3.71. The van der Waals surface area contributed by atoms with Crippen LogP contribution in [0.5, 0.6) is 0 Å². The molecule has 0 heterocycles. The van der Waals surface area contributed by atoms with E-state index in [0.717, 1.165) is 0 Å². The number of aryl methyl sites for hydroxylation is 2. The summed E-state index contributed by atoms with van der Waals surface area (Å²) in [5.74, 6) is 1.35. The zero-order valence-corrected chi connectivity index (χ0v) is 16.9. The van der Waals surface area contributed by atoms with E-state index in [1.54, 1.807) is 0 Å². The van der Waals surface area contributed by atoms with E-state index in [-0.39, 0.29) is 21.7 Å². The van der Waals surface area contributed by atoms with Crippen LogP contribution in [-0.4, -0.2) is 0 Å². The normalized spacial score (nSPS) is 8.87. The van der Waals surface area contributed by atoms with Gasteiger partial charge in [-0.1, -0.05) is 49.2 Å². The van der Waals surface area contributed by atoms with Gasteiger partial charge in [0.1, 0.15) is 0 Å². The van der Waals surface area contributed by atoms with Crippen molar-refractivity contribution in [2.24, 2.45) is 0 Å². The SMILES string of the molecule is Cc1cc[cH-]c1.Cc1cc[cH-]c1.[S-]Cc1ccccc1C[S-].[Ti+4]. The second-order valence-electron chi connectivity index (χ2n) is 4.98. The van der Waals surface area contributed by atoms with Crippen LogP contribution in [-0.2, 0) is 58.5 Å². The van der Waals surface area contributed by atoms with Gasteiger partial charge in [-0.15, -0.1) is 0 Å². The van der Waals surface area contributed by atoms with Crippen molar-refractivity contribution in [1.29, 1.82) is 0 Å². The molecular formula is C20H22S2Ti. The van der Waals surface area contributed by atoms with Crippen LogP contribution in [0.25, 0.3) is 0 Å². The molecule has 0 unspecified atom stereocenters. The van der Waals surface area contributed by atoms with E-state index in [1.807, 2.05) is 48.5 Å². The van der Waals surface area contributed by atoms with E-state index in [9.17, 15) is 0 Å². The first-order valence-corrected chi connectivity index (χ1v) is 8.42. The van der Waals surface area contributed by atoms with Crippen LogP contribution < -0.4 is 0 Å². The average Bonchev–Trinajstić information content (AvgIpc) is 3.22. The molecule has 0 aliphatic rings. The third kappa shape index (κ3) is 9.93. The predicted molar refractivity (Wildman–Crippen MR) is 102 cm³/mol. The summed E-state index contributed by atoms with van der Waals surface area (Å²) in [6.07, 6.45) is 0. The Morgan fingerprint density at radius 3 is 1.30 bits per heavy atom. The molecule has 0 aromatic heterocycles. The van der Waals surface area contributed by atoms with Gasteiger partial charge in [-0.2, -0.15) is 47.9 Å². The van der Waals surface area contributed by atoms with Crippen LogP contribution in [0, 0.1) is 13.8 Å². The largest absolute Gasteiger partial charge is 4.00 e. The first-order chi connectivity index (χ1) is 10.7. The maximum absolute atomic E-state index is 4.93. The summed E-state index contributed by atoms with van der Waals surface area (Å²) in [6, 6.07) is 24.5. The minimum atomic E-state index is 0. The molecule has 0 bridgehead atoms. The molecule has 3 aromatic carbocycles. The van der Waals surface area contributed by atoms with Crippen molar-refractivity contribution in [2.45, 2.75) is 25.4 Å². The number of rotatable bonds is 2. The molecule has 23 heavy (non-hydrogen) atoms. The molecule has 0 radical (unpaired) electrons. The van der Waals surface area contributed by atoms with Crippen molar-refractivity contribution in [2.75, 3.05) is 0 Å². The van der Waals surface area contributed by atoms with Crippen molar-refractivity contribution in [3.63, 3.8) is 0 Å². The fourth-order valence-electron chi connectivity index (χ4n) is 1.78. The third-order valence-electron chi connectivity index (χ3n) is 3.09. The van der Waals surface area contributed by atoms with Gasteiger partial charge in [0, 0.05) is 0 Å². The zero-order valence-electron chi connectivity index (χ0n) is 13.7. The number of hydrogen-bond acceptors (Lipinski definition) is 2. The molecule has 0 aliphatic heterocycles. The van der Waals surface area contributed by atoms with Crippen LogP contribution in [0.2, 0.25) is 0 Å². The molecule has 0 nitrogen and oxygen atoms in total. The molecule has 118 valence electrons. The molecule has 0 aliphatic carbocycles. The van der Waals surface area contributed by atoms with Crippen LogP contribution in [0.4, 0.5) is 0 Å². The van der Waals surface area contributed by atoms with Gasteiger partial charge in [0.15, 0.2) is 0 Å². The predicted octanol–water partition coefficient (Wildman–Crippen LogP) is 5.21. The second kappa shape index (κ2) is 13.7. The van der Waals surface area contributed by atoms with E-state index in [2.05, 4.69) is 38.1 Å². The summed E-state index contributed by atoms with van der Waals surface area (Å²) in [7, 11) is 0. The number of hydrogen-bond donors (Lipinski definition) is 0. The molecule has 0 fully saturated rings. The molecule has 0 atom stereocenters. The van der Waals surface area contributed by atoms with E-state index in [0.29, 0.717) is 11.5 Å². The molecule has 3 rings (SSSR count). The fourth-order valence-corrected chi connectivity index (χ4v) is 2.34. The summed E-state index contributed by atoms with van der Waals surface area (Å²) in [5, 5.41) is 0. The monoisotopic (exact) mass is 374 g/mol. The Balaban J connectivity index is 0.000000325. The molecule has 0 saturated heterocycles. The summed E-state index contributed by atoms with van der Waals surface area (Å²) in [4.78, 5) is 0. The first-order valence-electron chi connectivity index (χ1n) is 7.27. The van der Waals surface area contributed by atoms with Crippen molar-refractivity contribution in [3.05, 3.63) is 95.1 Å². The molecular weight excluding hydrogens is 352 g/mol. The van der Waals surface area contributed by atoms with Gasteiger partial charge in [-0.25, -0.2) is 23.3 Å². The Morgan fingerprint density at radius 2 is 1.13 bits per heavy atom. The Kier molecular flexibility index (Phi) is 13.3.